The monoisotopic (exact) mass is 206 g/mol. The van der Waals surface area contributed by atoms with E-state index in [-0.39, 0.29) is 6.10 Å². The quantitative estimate of drug-likeness (QED) is 0.770. The van der Waals surface area contributed by atoms with Crippen molar-refractivity contribution in [2.24, 2.45) is 0 Å². The molecule has 0 aliphatic heterocycles. The highest BCUT2D eigenvalue weighted by atomic mass is 16.6. The number of benzene rings is 1. The SMILES string of the molecule is OC(OC1CCCCC1)c1ccccc1. The maximum atomic E-state index is 9.85. The number of rotatable bonds is 3. The molecule has 1 aromatic rings. The van der Waals surface area contributed by atoms with Crippen molar-refractivity contribution in [2.45, 2.75) is 44.5 Å². The van der Waals surface area contributed by atoms with Crippen molar-refractivity contribution < 1.29 is 9.84 Å². The van der Waals surface area contributed by atoms with Gasteiger partial charge in [0.2, 0.25) is 0 Å². The van der Waals surface area contributed by atoms with E-state index in [2.05, 4.69) is 0 Å². The lowest BCUT2D eigenvalue weighted by Crippen LogP contribution is -2.19. The summed E-state index contributed by atoms with van der Waals surface area (Å²) in [6.45, 7) is 0. The third-order valence-corrected chi connectivity index (χ3v) is 2.96. The smallest absolute Gasteiger partial charge is 0.181 e. The van der Waals surface area contributed by atoms with Gasteiger partial charge in [-0.1, -0.05) is 49.6 Å². The second-order valence-corrected chi connectivity index (χ2v) is 4.16. The van der Waals surface area contributed by atoms with Crippen molar-refractivity contribution in [3.05, 3.63) is 35.9 Å². The summed E-state index contributed by atoms with van der Waals surface area (Å²) in [4.78, 5) is 0. The molecule has 1 aliphatic rings. The fraction of sp³-hybridized carbons (Fsp3) is 0.538. The summed E-state index contributed by atoms with van der Waals surface area (Å²) in [5.74, 6) is 0. The normalized spacial score (nSPS) is 20.1. The number of hydrogen-bond donors (Lipinski definition) is 1. The topological polar surface area (TPSA) is 29.5 Å². The van der Waals surface area contributed by atoms with E-state index in [0.29, 0.717) is 0 Å². The van der Waals surface area contributed by atoms with Crippen LogP contribution in [0.5, 0.6) is 0 Å². The van der Waals surface area contributed by atoms with Crippen LogP contribution in [0.25, 0.3) is 0 Å². The van der Waals surface area contributed by atoms with Crippen LogP contribution < -0.4 is 0 Å². The predicted octanol–water partition coefficient (Wildman–Crippen LogP) is 3.03. The van der Waals surface area contributed by atoms with Gasteiger partial charge in [-0.2, -0.15) is 0 Å². The van der Waals surface area contributed by atoms with Gasteiger partial charge in [0.05, 0.1) is 6.10 Å². The molecule has 0 amide bonds. The maximum Gasteiger partial charge on any atom is 0.181 e. The molecule has 0 heterocycles. The first-order valence-corrected chi connectivity index (χ1v) is 5.75. The minimum Gasteiger partial charge on any atom is -0.364 e. The standard InChI is InChI=1S/C13H18O2/c14-13(11-7-3-1-4-8-11)15-12-9-5-2-6-10-12/h1,3-4,7-8,12-14H,2,5-6,9-10H2. The largest absolute Gasteiger partial charge is 0.364 e. The second kappa shape index (κ2) is 5.29. The summed E-state index contributed by atoms with van der Waals surface area (Å²) in [5.41, 5.74) is 0.850. The molecule has 0 saturated heterocycles. The van der Waals surface area contributed by atoms with Crippen LogP contribution in [0.4, 0.5) is 0 Å². The van der Waals surface area contributed by atoms with Crippen LogP contribution in [0.15, 0.2) is 30.3 Å². The molecule has 0 bridgehead atoms. The maximum absolute atomic E-state index is 9.85. The van der Waals surface area contributed by atoms with E-state index < -0.39 is 6.29 Å². The molecular weight excluding hydrogens is 188 g/mol. The van der Waals surface area contributed by atoms with Crippen LogP contribution in [-0.2, 0) is 4.74 Å². The molecule has 15 heavy (non-hydrogen) atoms. The van der Waals surface area contributed by atoms with Crippen LogP contribution in [0, 0.1) is 0 Å². The van der Waals surface area contributed by atoms with E-state index in [1.54, 1.807) is 0 Å². The fourth-order valence-electron chi connectivity index (χ4n) is 2.08. The molecule has 1 saturated carbocycles. The van der Waals surface area contributed by atoms with Gasteiger partial charge in [0.1, 0.15) is 0 Å². The van der Waals surface area contributed by atoms with Crippen LogP contribution in [0.1, 0.15) is 44.0 Å². The second-order valence-electron chi connectivity index (χ2n) is 4.16. The Bertz CT molecular complexity index is 278. The summed E-state index contributed by atoms with van der Waals surface area (Å²) in [7, 11) is 0. The Morgan fingerprint density at radius 2 is 1.73 bits per heavy atom. The van der Waals surface area contributed by atoms with Crippen molar-refractivity contribution in [3.8, 4) is 0 Å². The van der Waals surface area contributed by atoms with E-state index in [0.717, 1.165) is 18.4 Å². The van der Waals surface area contributed by atoms with Crippen molar-refractivity contribution >= 4 is 0 Å². The number of aliphatic hydroxyl groups excluding tert-OH is 1. The highest BCUT2D eigenvalue weighted by molar-refractivity contribution is 5.15. The van der Waals surface area contributed by atoms with Crippen molar-refractivity contribution in [3.63, 3.8) is 0 Å². The summed E-state index contributed by atoms with van der Waals surface area (Å²) in [6.07, 6.45) is 5.43. The van der Waals surface area contributed by atoms with E-state index in [9.17, 15) is 5.11 Å². The van der Waals surface area contributed by atoms with Crippen molar-refractivity contribution in [2.75, 3.05) is 0 Å². The van der Waals surface area contributed by atoms with Gasteiger partial charge in [0, 0.05) is 5.56 Å². The molecule has 2 nitrogen and oxygen atoms in total. The zero-order chi connectivity index (χ0) is 10.5. The van der Waals surface area contributed by atoms with E-state index in [1.807, 2.05) is 30.3 Å². The number of aliphatic hydroxyl groups is 1. The lowest BCUT2D eigenvalue weighted by atomic mass is 9.98. The average Bonchev–Trinajstić information content (AvgIpc) is 2.31. The van der Waals surface area contributed by atoms with Gasteiger partial charge in [-0.05, 0) is 12.8 Å². The first-order chi connectivity index (χ1) is 7.36. The first kappa shape index (κ1) is 10.7. The molecule has 2 heteroatoms. The molecule has 0 radical (unpaired) electrons. The van der Waals surface area contributed by atoms with Crippen LogP contribution in [-0.4, -0.2) is 11.2 Å². The van der Waals surface area contributed by atoms with Crippen LogP contribution in [0.3, 0.4) is 0 Å². The lowest BCUT2D eigenvalue weighted by Gasteiger charge is -2.25. The van der Waals surface area contributed by atoms with Crippen LogP contribution >= 0.6 is 0 Å². The Hall–Kier alpha value is -0.860. The molecule has 0 spiro atoms. The molecular formula is C13H18O2. The first-order valence-electron chi connectivity index (χ1n) is 5.75. The third-order valence-electron chi connectivity index (χ3n) is 2.96. The van der Waals surface area contributed by atoms with E-state index in [4.69, 9.17) is 4.74 Å². The number of hydrogen-bond acceptors (Lipinski definition) is 2. The number of ether oxygens (including phenoxy) is 1. The third kappa shape index (κ3) is 3.05. The molecule has 2 rings (SSSR count). The predicted molar refractivity (Wildman–Crippen MR) is 59.4 cm³/mol. The molecule has 1 N–H and O–H groups in total. The minimum absolute atomic E-state index is 0.244. The van der Waals surface area contributed by atoms with Crippen molar-refractivity contribution in [1.29, 1.82) is 0 Å². The van der Waals surface area contributed by atoms with Crippen molar-refractivity contribution in [1.82, 2.24) is 0 Å². The van der Waals surface area contributed by atoms with E-state index in [1.165, 1.54) is 19.3 Å². The molecule has 1 atom stereocenters. The molecule has 1 aliphatic carbocycles. The van der Waals surface area contributed by atoms with Gasteiger partial charge in [0.15, 0.2) is 6.29 Å². The van der Waals surface area contributed by atoms with Crippen LogP contribution in [0.2, 0.25) is 0 Å². The Labute approximate surface area is 90.9 Å². The molecule has 82 valence electrons. The summed E-state index contributed by atoms with van der Waals surface area (Å²) in [6, 6.07) is 9.57. The lowest BCUT2D eigenvalue weighted by molar-refractivity contribution is -0.147. The van der Waals surface area contributed by atoms with Gasteiger partial charge in [-0.3, -0.25) is 0 Å². The zero-order valence-electron chi connectivity index (χ0n) is 8.93. The van der Waals surface area contributed by atoms with Gasteiger partial charge >= 0.3 is 0 Å². The minimum atomic E-state index is -0.755. The van der Waals surface area contributed by atoms with Gasteiger partial charge in [-0.25, -0.2) is 0 Å². The molecule has 1 unspecified atom stereocenters. The Balaban J connectivity index is 1.88. The molecule has 1 aromatic carbocycles. The highest BCUT2D eigenvalue weighted by Crippen LogP contribution is 2.25. The Morgan fingerprint density at radius 3 is 2.40 bits per heavy atom. The zero-order valence-corrected chi connectivity index (χ0v) is 8.93. The summed E-state index contributed by atoms with van der Waals surface area (Å²) < 4.78 is 5.63. The fourth-order valence-corrected chi connectivity index (χ4v) is 2.08. The van der Waals surface area contributed by atoms with Gasteiger partial charge < -0.3 is 9.84 Å². The summed E-state index contributed by atoms with van der Waals surface area (Å²) in [5, 5.41) is 9.85. The average molecular weight is 206 g/mol. The Morgan fingerprint density at radius 1 is 1.07 bits per heavy atom. The summed E-state index contributed by atoms with van der Waals surface area (Å²) >= 11 is 0. The molecule has 0 aromatic heterocycles. The molecule has 1 fully saturated rings. The van der Waals surface area contributed by atoms with E-state index >= 15 is 0 Å². The van der Waals surface area contributed by atoms with Gasteiger partial charge in [-0.15, -0.1) is 0 Å². The Kier molecular flexibility index (Phi) is 3.75. The van der Waals surface area contributed by atoms with Gasteiger partial charge in [0.25, 0.3) is 0 Å². The highest BCUT2D eigenvalue weighted by Gasteiger charge is 2.18.